The number of hydrogen-bond donors (Lipinski definition) is 3. The average Bonchev–Trinajstić information content (AvgIpc) is 2.96. The quantitative estimate of drug-likeness (QED) is 0.665. The van der Waals surface area contributed by atoms with E-state index in [1.165, 1.54) is 7.05 Å². The Hall–Kier alpha value is -2.30. The standard InChI is InChI=1S/C13H18N6O3S/c1-19(23(2,21)22)8-12(20)15-10-5-3-9(4-6-10)13-16-11(7-14)17-18-13/h3-6H,7-8,14H2,1-2H3,(H,15,20)(H,16,17,18). The van der Waals surface area contributed by atoms with Crippen molar-refractivity contribution in [3.8, 4) is 11.4 Å². The number of anilines is 1. The Bertz CT molecular complexity index is 784. The summed E-state index contributed by atoms with van der Waals surface area (Å²) in [6.07, 6.45) is 1.04. The van der Waals surface area contributed by atoms with Crippen molar-refractivity contribution in [2.45, 2.75) is 6.54 Å². The molecule has 4 N–H and O–H groups in total. The number of benzene rings is 1. The average molecular weight is 338 g/mol. The number of nitrogens with zero attached hydrogens (tertiary/aromatic N) is 3. The van der Waals surface area contributed by atoms with Crippen LogP contribution in [0.2, 0.25) is 0 Å². The normalized spacial score (nSPS) is 11.7. The van der Waals surface area contributed by atoms with Gasteiger partial charge in [0, 0.05) is 18.3 Å². The highest BCUT2D eigenvalue weighted by atomic mass is 32.2. The number of rotatable bonds is 6. The van der Waals surface area contributed by atoms with E-state index in [0.717, 1.165) is 16.1 Å². The minimum atomic E-state index is -3.39. The van der Waals surface area contributed by atoms with Crippen LogP contribution in [0.25, 0.3) is 11.4 Å². The highest BCUT2D eigenvalue weighted by molar-refractivity contribution is 7.88. The summed E-state index contributed by atoms with van der Waals surface area (Å²) in [4.78, 5) is 16.0. The van der Waals surface area contributed by atoms with Gasteiger partial charge in [0.1, 0.15) is 5.82 Å². The first-order chi connectivity index (χ1) is 10.8. The summed E-state index contributed by atoms with van der Waals surface area (Å²) in [7, 11) is -2.05. The van der Waals surface area contributed by atoms with Gasteiger partial charge in [-0.15, -0.1) is 0 Å². The van der Waals surface area contributed by atoms with Crippen molar-refractivity contribution >= 4 is 21.6 Å². The number of carbonyl (C=O) groups is 1. The van der Waals surface area contributed by atoms with E-state index in [1.54, 1.807) is 24.3 Å². The summed E-state index contributed by atoms with van der Waals surface area (Å²) in [6.45, 7) is 0.0242. The number of nitrogens with one attached hydrogen (secondary N) is 2. The molecule has 10 heteroatoms. The second kappa shape index (κ2) is 6.86. The van der Waals surface area contributed by atoms with Crippen LogP contribution < -0.4 is 11.1 Å². The fourth-order valence-electron chi connectivity index (χ4n) is 1.74. The van der Waals surface area contributed by atoms with Crippen molar-refractivity contribution in [2.75, 3.05) is 25.2 Å². The van der Waals surface area contributed by atoms with Gasteiger partial charge in [-0.05, 0) is 24.3 Å². The fourth-order valence-corrected chi connectivity index (χ4v) is 2.09. The molecule has 23 heavy (non-hydrogen) atoms. The minimum Gasteiger partial charge on any atom is -0.325 e. The Balaban J connectivity index is 2.01. The molecule has 0 spiro atoms. The second-order valence-electron chi connectivity index (χ2n) is 4.95. The van der Waals surface area contributed by atoms with Crippen LogP contribution in [0.1, 0.15) is 5.82 Å². The van der Waals surface area contributed by atoms with Gasteiger partial charge in [0.2, 0.25) is 15.9 Å². The summed E-state index contributed by atoms with van der Waals surface area (Å²) in [5.41, 5.74) is 6.78. The predicted molar refractivity (Wildman–Crippen MR) is 85.8 cm³/mol. The third kappa shape index (κ3) is 4.58. The first-order valence-electron chi connectivity index (χ1n) is 6.72. The van der Waals surface area contributed by atoms with Crippen molar-refractivity contribution in [1.29, 1.82) is 0 Å². The van der Waals surface area contributed by atoms with Crippen molar-refractivity contribution in [1.82, 2.24) is 19.5 Å². The lowest BCUT2D eigenvalue weighted by molar-refractivity contribution is -0.116. The molecule has 0 aliphatic heterocycles. The monoisotopic (exact) mass is 338 g/mol. The third-order valence-electron chi connectivity index (χ3n) is 3.08. The van der Waals surface area contributed by atoms with Gasteiger partial charge in [-0.3, -0.25) is 9.89 Å². The van der Waals surface area contributed by atoms with E-state index in [-0.39, 0.29) is 13.1 Å². The summed E-state index contributed by atoms with van der Waals surface area (Å²) >= 11 is 0. The van der Waals surface area contributed by atoms with Crippen LogP contribution in [0, 0.1) is 0 Å². The van der Waals surface area contributed by atoms with Gasteiger partial charge in [0.05, 0.1) is 19.3 Å². The van der Waals surface area contributed by atoms with Crippen LogP contribution in [-0.2, 0) is 21.4 Å². The number of carbonyl (C=O) groups excluding carboxylic acids is 1. The summed E-state index contributed by atoms with van der Waals surface area (Å²) < 4.78 is 23.5. The molecule has 9 nitrogen and oxygen atoms in total. The van der Waals surface area contributed by atoms with E-state index in [4.69, 9.17) is 5.73 Å². The van der Waals surface area contributed by atoms with Gasteiger partial charge in [-0.1, -0.05) is 0 Å². The molecule has 0 fully saturated rings. The van der Waals surface area contributed by atoms with Crippen LogP contribution in [-0.4, -0.2) is 53.7 Å². The zero-order chi connectivity index (χ0) is 17.0. The molecule has 124 valence electrons. The van der Waals surface area contributed by atoms with E-state index in [1.807, 2.05) is 0 Å². The lowest BCUT2D eigenvalue weighted by atomic mass is 10.2. The largest absolute Gasteiger partial charge is 0.325 e. The Morgan fingerprint density at radius 3 is 2.52 bits per heavy atom. The van der Waals surface area contributed by atoms with E-state index in [0.29, 0.717) is 17.3 Å². The zero-order valence-electron chi connectivity index (χ0n) is 12.8. The Morgan fingerprint density at radius 2 is 2.00 bits per heavy atom. The minimum absolute atomic E-state index is 0.249. The van der Waals surface area contributed by atoms with Gasteiger partial charge in [0.15, 0.2) is 5.82 Å². The topological polar surface area (TPSA) is 134 Å². The smallest absolute Gasteiger partial charge is 0.239 e. The maximum atomic E-state index is 11.8. The number of likely N-dealkylation sites (N-methyl/N-ethyl adjacent to an activating group) is 1. The Labute approximate surface area is 134 Å². The number of nitrogens with two attached hydrogens (primary N) is 1. The first-order valence-corrected chi connectivity index (χ1v) is 8.57. The first kappa shape index (κ1) is 17.1. The van der Waals surface area contributed by atoms with Crippen molar-refractivity contribution in [3.63, 3.8) is 0 Å². The maximum absolute atomic E-state index is 11.8. The van der Waals surface area contributed by atoms with Gasteiger partial charge >= 0.3 is 0 Å². The number of sulfonamides is 1. The third-order valence-corrected chi connectivity index (χ3v) is 4.35. The molecular formula is C13H18N6O3S. The van der Waals surface area contributed by atoms with Gasteiger partial charge in [0.25, 0.3) is 0 Å². The molecule has 0 bridgehead atoms. The highest BCUT2D eigenvalue weighted by Crippen LogP contribution is 2.17. The molecule has 1 aromatic carbocycles. The number of amides is 1. The molecule has 0 saturated carbocycles. The lowest BCUT2D eigenvalue weighted by Crippen LogP contribution is -2.34. The van der Waals surface area contributed by atoms with Gasteiger partial charge in [-0.2, -0.15) is 9.40 Å². The second-order valence-corrected chi connectivity index (χ2v) is 7.04. The zero-order valence-corrected chi connectivity index (χ0v) is 13.6. The van der Waals surface area contributed by atoms with Gasteiger partial charge < -0.3 is 11.1 Å². The van der Waals surface area contributed by atoms with Crippen molar-refractivity contribution in [3.05, 3.63) is 30.1 Å². The lowest BCUT2D eigenvalue weighted by Gasteiger charge is -2.13. The van der Waals surface area contributed by atoms with E-state index in [2.05, 4.69) is 20.5 Å². The molecule has 1 heterocycles. The van der Waals surface area contributed by atoms with E-state index >= 15 is 0 Å². The molecular weight excluding hydrogens is 320 g/mol. The number of aromatic nitrogens is 3. The molecule has 0 aliphatic rings. The number of aromatic amines is 1. The van der Waals surface area contributed by atoms with Crippen LogP contribution >= 0.6 is 0 Å². The summed E-state index contributed by atoms with van der Waals surface area (Å²) in [5.74, 6) is 0.676. The molecule has 2 aromatic rings. The summed E-state index contributed by atoms with van der Waals surface area (Å²) in [6, 6.07) is 6.87. The molecule has 1 amide bonds. The molecule has 1 aromatic heterocycles. The SMILES string of the molecule is CN(CC(=O)Nc1ccc(-c2n[nH]c(CN)n2)cc1)S(C)(=O)=O. The van der Waals surface area contributed by atoms with Crippen LogP contribution in [0.15, 0.2) is 24.3 Å². The van der Waals surface area contributed by atoms with Crippen LogP contribution in [0.5, 0.6) is 0 Å². The molecule has 0 unspecified atom stereocenters. The molecule has 0 atom stereocenters. The molecule has 0 radical (unpaired) electrons. The van der Waals surface area contributed by atoms with Crippen LogP contribution in [0.4, 0.5) is 5.69 Å². The Kier molecular flexibility index (Phi) is 5.08. The van der Waals surface area contributed by atoms with E-state index in [9.17, 15) is 13.2 Å². The van der Waals surface area contributed by atoms with Gasteiger partial charge in [-0.25, -0.2) is 13.4 Å². The Morgan fingerprint density at radius 1 is 1.35 bits per heavy atom. The highest BCUT2D eigenvalue weighted by Gasteiger charge is 2.15. The fraction of sp³-hybridized carbons (Fsp3) is 0.308. The van der Waals surface area contributed by atoms with Crippen molar-refractivity contribution in [2.24, 2.45) is 5.73 Å². The van der Waals surface area contributed by atoms with E-state index < -0.39 is 15.9 Å². The number of hydrogen-bond acceptors (Lipinski definition) is 6. The summed E-state index contributed by atoms with van der Waals surface area (Å²) in [5, 5.41) is 9.38. The predicted octanol–water partition coefficient (Wildman–Crippen LogP) is -0.240. The molecule has 0 saturated heterocycles. The molecule has 0 aliphatic carbocycles. The molecule has 2 rings (SSSR count). The van der Waals surface area contributed by atoms with Crippen molar-refractivity contribution < 1.29 is 13.2 Å². The number of H-pyrrole nitrogens is 1. The van der Waals surface area contributed by atoms with Crippen LogP contribution in [0.3, 0.4) is 0 Å². The maximum Gasteiger partial charge on any atom is 0.239 e.